The molecule has 0 aliphatic rings. The monoisotopic (exact) mass is 298 g/mol. The van der Waals surface area contributed by atoms with E-state index >= 15 is 0 Å². The average molecular weight is 299 g/mol. The zero-order chi connectivity index (χ0) is 12.8. The number of rotatable bonds is 4. The van der Waals surface area contributed by atoms with Gasteiger partial charge in [0.1, 0.15) is 0 Å². The van der Waals surface area contributed by atoms with Gasteiger partial charge in [0.2, 0.25) is 11.8 Å². The number of amides is 2. The standard InChI is InChI=1S/C12H15BrN2O2/c1-8(2)12(17)15-10-5-3-9(4-6-10)14-11(16)7-13/h3-6,8H,7H2,1-2H3,(H,14,16)(H,15,17). The van der Waals surface area contributed by atoms with Gasteiger partial charge >= 0.3 is 0 Å². The molecule has 1 aromatic rings. The highest BCUT2D eigenvalue weighted by molar-refractivity contribution is 9.09. The number of carbonyl (C=O) groups excluding carboxylic acids is 2. The van der Waals surface area contributed by atoms with Crippen molar-refractivity contribution in [3.8, 4) is 0 Å². The number of alkyl halides is 1. The highest BCUT2D eigenvalue weighted by Gasteiger charge is 2.06. The summed E-state index contributed by atoms with van der Waals surface area (Å²) in [6.07, 6.45) is 0. The summed E-state index contributed by atoms with van der Waals surface area (Å²) in [4.78, 5) is 22.5. The maximum absolute atomic E-state index is 11.4. The molecule has 0 unspecified atom stereocenters. The average Bonchev–Trinajstić information content (AvgIpc) is 2.31. The van der Waals surface area contributed by atoms with E-state index in [0.29, 0.717) is 5.69 Å². The molecule has 0 fully saturated rings. The summed E-state index contributed by atoms with van der Waals surface area (Å²) in [7, 11) is 0. The number of hydrogen-bond donors (Lipinski definition) is 2. The molecule has 0 saturated heterocycles. The topological polar surface area (TPSA) is 58.2 Å². The smallest absolute Gasteiger partial charge is 0.235 e. The lowest BCUT2D eigenvalue weighted by atomic mass is 10.2. The SMILES string of the molecule is CC(C)C(=O)Nc1ccc(NC(=O)CBr)cc1. The summed E-state index contributed by atoms with van der Waals surface area (Å²) in [5, 5.41) is 5.73. The number of nitrogens with one attached hydrogen (secondary N) is 2. The lowest BCUT2D eigenvalue weighted by Crippen LogP contribution is -2.17. The fourth-order valence-corrected chi connectivity index (χ4v) is 1.26. The minimum Gasteiger partial charge on any atom is -0.326 e. The van der Waals surface area contributed by atoms with Crippen LogP contribution in [0.25, 0.3) is 0 Å². The largest absolute Gasteiger partial charge is 0.326 e. The first-order valence-corrected chi connectivity index (χ1v) is 6.42. The van der Waals surface area contributed by atoms with Gasteiger partial charge in [-0.1, -0.05) is 29.8 Å². The van der Waals surface area contributed by atoms with Gasteiger partial charge < -0.3 is 10.6 Å². The minimum atomic E-state index is -0.107. The van der Waals surface area contributed by atoms with E-state index in [1.165, 1.54) is 0 Å². The number of anilines is 2. The van der Waals surface area contributed by atoms with E-state index < -0.39 is 0 Å². The molecular formula is C12H15BrN2O2. The van der Waals surface area contributed by atoms with Crippen molar-refractivity contribution in [1.82, 2.24) is 0 Å². The fourth-order valence-electron chi connectivity index (χ4n) is 1.12. The maximum atomic E-state index is 11.4. The Morgan fingerprint density at radius 2 is 1.59 bits per heavy atom. The van der Waals surface area contributed by atoms with Gasteiger partial charge in [0.25, 0.3) is 0 Å². The van der Waals surface area contributed by atoms with E-state index in [4.69, 9.17) is 0 Å². The predicted octanol–water partition coefficient (Wildman–Crippen LogP) is 2.61. The van der Waals surface area contributed by atoms with E-state index in [0.717, 1.165) is 5.69 Å². The van der Waals surface area contributed by atoms with E-state index in [1.807, 2.05) is 13.8 Å². The van der Waals surface area contributed by atoms with Crippen LogP contribution in [0.2, 0.25) is 0 Å². The number of benzene rings is 1. The highest BCUT2D eigenvalue weighted by atomic mass is 79.9. The van der Waals surface area contributed by atoms with Crippen molar-refractivity contribution in [3.05, 3.63) is 24.3 Å². The van der Waals surface area contributed by atoms with Crippen molar-refractivity contribution in [3.63, 3.8) is 0 Å². The van der Waals surface area contributed by atoms with Crippen molar-refractivity contribution in [2.45, 2.75) is 13.8 Å². The Bertz CT molecular complexity index is 401. The van der Waals surface area contributed by atoms with E-state index in [1.54, 1.807) is 24.3 Å². The number of carbonyl (C=O) groups is 2. The first-order valence-electron chi connectivity index (χ1n) is 5.29. The van der Waals surface area contributed by atoms with E-state index in [2.05, 4.69) is 26.6 Å². The highest BCUT2D eigenvalue weighted by Crippen LogP contribution is 2.14. The first kappa shape index (κ1) is 13.7. The zero-order valence-corrected chi connectivity index (χ0v) is 11.4. The summed E-state index contributed by atoms with van der Waals surface area (Å²) in [6.45, 7) is 3.67. The predicted molar refractivity (Wildman–Crippen MR) is 72.3 cm³/mol. The number of halogens is 1. The van der Waals surface area contributed by atoms with Crippen LogP contribution in [0.3, 0.4) is 0 Å². The Kier molecular flexibility index (Phi) is 5.15. The first-order chi connectivity index (χ1) is 8.02. The Labute approximate surface area is 109 Å². The molecule has 0 aliphatic carbocycles. The number of hydrogen-bond acceptors (Lipinski definition) is 2. The fraction of sp³-hybridized carbons (Fsp3) is 0.333. The Balaban J connectivity index is 2.62. The van der Waals surface area contributed by atoms with Crippen LogP contribution in [0.1, 0.15) is 13.8 Å². The summed E-state index contributed by atoms with van der Waals surface area (Å²) < 4.78 is 0. The Morgan fingerprint density at radius 1 is 1.12 bits per heavy atom. The van der Waals surface area contributed by atoms with Crippen molar-refractivity contribution in [2.24, 2.45) is 5.92 Å². The lowest BCUT2D eigenvalue weighted by molar-refractivity contribution is -0.119. The zero-order valence-electron chi connectivity index (χ0n) is 9.79. The second-order valence-corrected chi connectivity index (χ2v) is 4.46. The molecule has 17 heavy (non-hydrogen) atoms. The molecule has 0 atom stereocenters. The summed E-state index contributed by atoms with van der Waals surface area (Å²) in [6, 6.07) is 7.00. The summed E-state index contributed by atoms with van der Waals surface area (Å²) >= 11 is 3.07. The van der Waals surface area contributed by atoms with Gasteiger partial charge in [0, 0.05) is 17.3 Å². The molecule has 0 aromatic heterocycles. The van der Waals surface area contributed by atoms with Crippen LogP contribution < -0.4 is 10.6 Å². The van der Waals surface area contributed by atoms with E-state index in [9.17, 15) is 9.59 Å². The molecule has 0 bridgehead atoms. The third-order valence-corrected chi connectivity index (χ3v) is 2.59. The van der Waals surface area contributed by atoms with Gasteiger partial charge in [-0.15, -0.1) is 0 Å². The third kappa shape index (κ3) is 4.56. The molecular weight excluding hydrogens is 284 g/mol. The Hall–Kier alpha value is -1.36. The second kappa shape index (κ2) is 6.39. The molecule has 1 rings (SSSR count). The van der Waals surface area contributed by atoms with Gasteiger partial charge in [0.15, 0.2) is 0 Å². The van der Waals surface area contributed by atoms with Crippen LogP contribution in [0.5, 0.6) is 0 Å². The van der Waals surface area contributed by atoms with Crippen molar-refractivity contribution >= 4 is 39.1 Å². The molecule has 4 nitrogen and oxygen atoms in total. The van der Waals surface area contributed by atoms with Crippen LogP contribution in [-0.2, 0) is 9.59 Å². The van der Waals surface area contributed by atoms with Crippen LogP contribution in [-0.4, -0.2) is 17.1 Å². The molecule has 92 valence electrons. The second-order valence-electron chi connectivity index (χ2n) is 3.90. The van der Waals surface area contributed by atoms with Crippen molar-refractivity contribution in [2.75, 3.05) is 16.0 Å². The summed E-state index contributed by atoms with van der Waals surface area (Å²) in [5.74, 6) is -0.186. The van der Waals surface area contributed by atoms with Crippen molar-refractivity contribution < 1.29 is 9.59 Å². The molecule has 0 spiro atoms. The Morgan fingerprint density at radius 3 is 2.00 bits per heavy atom. The molecule has 5 heteroatoms. The van der Waals surface area contributed by atoms with E-state index in [-0.39, 0.29) is 23.1 Å². The normalized spacial score (nSPS) is 10.1. The molecule has 1 aromatic carbocycles. The van der Waals surface area contributed by atoms with Crippen LogP contribution in [0.4, 0.5) is 11.4 Å². The quantitative estimate of drug-likeness (QED) is 0.840. The molecule has 2 N–H and O–H groups in total. The van der Waals surface area contributed by atoms with Crippen LogP contribution in [0.15, 0.2) is 24.3 Å². The van der Waals surface area contributed by atoms with Gasteiger partial charge in [0.05, 0.1) is 5.33 Å². The maximum Gasteiger partial charge on any atom is 0.235 e. The minimum absolute atomic E-state index is 0.0257. The van der Waals surface area contributed by atoms with Gasteiger partial charge in [-0.3, -0.25) is 9.59 Å². The molecule has 0 aliphatic heterocycles. The molecule has 0 radical (unpaired) electrons. The molecule has 0 saturated carbocycles. The van der Waals surface area contributed by atoms with Gasteiger partial charge in [-0.05, 0) is 24.3 Å². The molecule has 0 heterocycles. The third-order valence-electron chi connectivity index (χ3n) is 2.08. The molecule has 2 amide bonds. The van der Waals surface area contributed by atoms with Gasteiger partial charge in [-0.2, -0.15) is 0 Å². The van der Waals surface area contributed by atoms with Crippen LogP contribution >= 0.6 is 15.9 Å². The lowest BCUT2D eigenvalue weighted by Gasteiger charge is -2.08. The van der Waals surface area contributed by atoms with Crippen molar-refractivity contribution in [1.29, 1.82) is 0 Å². The van der Waals surface area contributed by atoms with Gasteiger partial charge in [-0.25, -0.2) is 0 Å². The summed E-state index contributed by atoms with van der Waals surface area (Å²) in [5.41, 5.74) is 1.43. The van der Waals surface area contributed by atoms with Crippen LogP contribution in [0, 0.1) is 5.92 Å².